The summed E-state index contributed by atoms with van der Waals surface area (Å²) >= 11 is 0. The van der Waals surface area contributed by atoms with Crippen molar-refractivity contribution in [2.75, 3.05) is 0 Å². The number of hydrogen-bond acceptors (Lipinski definition) is 0. The third-order valence-corrected chi connectivity index (χ3v) is 8.09. The number of hydrogen-bond donors (Lipinski definition) is 0. The zero-order chi connectivity index (χ0) is 25.9. The Morgan fingerprint density at radius 2 is 1.13 bits per heavy atom. The van der Waals surface area contributed by atoms with E-state index >= 15 is 0 Å². The van der Waals surface area contributed by atoms with Crippen LogP contribution < -0.4 is 0 Å². The first-order valence-corrected chi connectivity index (χ1v) is 13.9. The van der Waals surface area contributed by atoms with Crippen LogP contribution in [0.25, 0.3) is 32.7 Å². The maximum Gasteiger partial charge on any atom is -0.00141 e. The zero-order valence-electron chi connectivity index (χ0n) is 22.4. The van der Waals surface area contributed by atoms with Crippen LogP contribution in [-0.4, -0.2) is 0 Å². The highest BCUT2D eigenvalue weighted by Gasteiger charge is 2.17. The Hall–Kier alpha value is -4.16. The van der Waals surface area contributed by atoms with Crippen molar-refractivity contribution in [1.82, 2.24) is 0 Å². The second-order valence-corrected chi connectivity index (χ2v) is 10.4. The minimum atomic E-state index is 1.05. The second-order valence-electron chi connectivity index (χ2n) is 10.4. The summed E-state index contributed by atoms with van der Waals surface area (Å²) in [6, 6.07) is 44.1. The Morgan fingerprint density at radius 1 is 0.526 bits per heavy atom. The Balaban J connectivity index is 0.000000146. The Labute approximate surface area is 226 Å². The van der Waals surface area contributed by atoms with E-state index in [1.54, 1.807) is 0 Å². The van der Waals surface area contributed by atoms with Crippen molar-refractivity contribution < 1.29 is 0 Å². The molecule has 0 aliphatic heterocycles. The average Bonchev–Trinajstić information content (AvgIpc) is 3.17. The molecule has 0 unspecified atom stereocenters. The molecule has 186 valence electrons. The number of rotatable bonds is 2. The first kappa shape index (κ1) is 24.2. The van der Waals surface area contributed by atoms with E-state index in [1.165, 1.54) is 66.1 Å². The van der Waals surface area contributed by atoms with Crippen LogP contribution in [0.5, 0.6) is 0 Å². The molecule has 0 heteroatoms. The lowest BCUT2D eigenvalue weighted by molar-refractivity contribution is 0.965. The molecule has 1 aliphatic rings. The highest BCUT2D eigenvalue weighted by Crippen LogP contribution is 2.34. The van der Waals surface area contributed by atoms with Crippen molar-refractivity contribution in [3.8, 4) is 11.1 Å². The van der Waals surface area contributed by atoms with E-state index in [4.69, 9.17) is 0 Å². The molecule has 0 saturated carbocycles. The Kier molecular flexibility index (Phi) is 6.80. The molecular formula is C38H34. The molecular weight excluding hydrogens is 456 g/mol. The monoisotopic (exact) mass is 490 g/mol. The molecule has 0 heterocycles. The lowest BCUT2D eigenvalue weighted by Crippen LogP contribution is -1.97. The topological polar surface area (TPSA) is 0 Å². The van der Waals surface area contributed by atoms with E-state index < -0.39 is 0 Å². The van der Waals surface area contributed by atoms with Gasteiger partial charge in [-0.1, -0.05) is 128 Å². The molecule has 0 nitrogen and oxygen atoms in total. The van der Waals surface area contributed by atoms with Crippen molar-refractivity contribution in [2.45, 2.75) is 39.5 Å². The van der Waals surface area contributed by atoms with Crippen molar-refractivity contribution in [1.29, 1.82) is 0 Å². The van der Waals surface area contributed by atoms with Crippen LogP contribution in [0.1, 0.15) is 40.3 Å². The summed E-state index contributed by atoms with van der Waals surface area (Å²) in [5.41, 5.74) is 11.6. The fourth-order valence-corrected chi connectivity index (χ4v) is 6.06. The van der Waals surface area contributed by atoms with Gasteiger partial charge in [-0.2, -0.15) is 0 Å². The summed E-state index contributed by atoms with van der Waals surface area (Å²) in [5.74, 6) is 0. The predicted octanol–water partition coefficient (Wildman–Crippen LogP) is 9.91. The fraction of sp³-hybridized carbons (Fsp3) is 0.158. The molecule has 0 fully saturated rings. The highest BCUT2D eigenvalue weighted by molar-refractivity contribution is 6.08. The fourth-order valence-electron chi connectivity index (χ4n) is 6.06. The minimum Gasteiger partial charge on any atom is -0.0620 e. The lowest BCUT2D eigenvalue weighted by Gasteiger charge is -2.15. The van der Waals surface area contributed by atoms with Gasteiger partial charge in [0, 0.05) is 0 Å². The molecule has 1 aliphatic carbocycles. The molecule has 0 amide bonds. The molecule has 0 aromatic heterocycles. The van der Waals surface area contributed by atoms with E-state index in [1.807, 2.05) is 0 Å². The van der Waals surface area contributed by atoms with Gasteiger partial charge in [0.25, 0.3) is 0 Å². The van der Waals surface area contributed by atoms with Crippen molar-refractivity contribution in [3.05, 3.63) is 155 Å². The summed E-state index contributed by atoms with van der Waals surface area (Å²) in [6.07, 6.45) is 4.44. The zero-order valence-corrected chi connectivity index (χ0v) is 22.4. The van der Waals surface area contributed by atoms with Crippen LogP contribution in [0.2, 0.25) is 0 Å². The van der Waals surface area contributed by atoms with E-state index in [0.29, 0.717) is 0 Å². The van der Waals surface area contributed by atoms with Crippen LogP contribution in [0.4, 0.5) is 0 Å². The molecule has 0 bridgehead atoms. The first-order chi connectivity index (χ1) is 18.7. The summed E-state index contributed by atoms with van der Waals surface area (Å²) in [5, 5.41) is 5.47. The van der Waals surface area contributed by atoms with Gasteiger partial charge in [-0.3, -0.25) is 0 Å². The third kappa shape index (κ3) is 4.63. The summed E-state index contributed by atoms with van der Waals surface area (Å²) < 4.78 is 0. The smallest absolute Gasteiger partial charge is 0.00141 e. The van der Waals surface area contributed by atoms with Gasteiger partial charge in [-0.05, 0) is 98.7 Å². The average molecular weight is 491 g/mol. The molecule has 7 rings (SSSR count). The minimum absolute atomic E-state index is 1.05. The van der Waals surface area contributed by atoms with Crippen molar-refractivity contribution >= 4 is 21.5 Å². The van der Waals surface area contributed by atoms with Gasteiger partial charge in [-0.25, -0.2) is 0 Å². The lowest BCUT2D eigenvalue weighted by atomic mass is 9.90. The Morgan fingerprint density at radius 3 is 1.95 bits per heavy atom. The normalized spacial score (nSPS) is 12.3. The van der Waals surface area contributed by atoms with Gasteiger partial charge in [0.05, 0.1) is 0 Å². The van der Waals surface area contributed by atoms with Gasteiger partial charge < -0.3 is 0 Å². The maximum absolute atomic E-state index is 2.32. The number of benzene rings is 6. The Bertz CT molecular complexity index is 1740. The summed E-state index contributed by atoms with van der Waals surface area (Å²) in [6.45, 7) is 4.43. The molecule has 38 heavy (non-hydrogen) atoms. The number of aryl methyl sites for hydroxylation is 4. The van der Waals surface area contributed by atoms with Crippen LogP contribution >= 0.6 is 0 Å². The second kappa shape index (κ2) is 10.7. The molecule has 0 N–H and O–H groups in total. The molecule has 0 atom stereocenters. The van der Waals surface area contributed by atoms with Gasteiger partial charge in [-0.15, -0.1) is 0 Å². The van der Waals surface area contributed by atoms with E-state index in [2.05, 4.69) is 135 Å². The highest BCUT2D eigenvalue weighted by atomic mass is 14.2. The summed E-state index contributed by atoms with van der Waals surface area (Å²) in [4.78, 5) is 0. The van der Waals surface area contributed by atoms with E-state index in [9.17, 15) is 0 Å². The summed E-state index contributed by atoms with van der Waals surface area (Å²) in [7, 11) is 0. The van der Waals surface area contributed by atoms with Gasteiger partial charge >= 0.3 is 0 Å². The van der Waals surface area contributed by atoms with Gasteiger partial charge in [0.1, 0.15) is 0 Å². The maximum atomic E-state index is 2.32. The van der Waals surface area contributed by atoms with E-state index in [0.717, 1.165) is 25.7 Å². The number of fused-ring (bicyclic) bond motifs is 5. The molecule has 6 aromatic carbocycles. The van der Waals surface area contributed by atoms with Crippen LogP contribution in [0, 0.1) is 6.92 Å². The molecule has 0 spiro atoms. The quantitative estimate of drug-likeness (QED) is 0.212. The first-order valence-electron chi connectivity index (χ1n) is 13.9. The van der Waals surface area contributed by atoms with Crippen LogP contribution in [0.3, 0.4) is 0 Å². The van der Waals surface area contributed by atoms with Crippen molar-refractivity contribution in [3.63, 3.8) is 0 Å². The van der Waals surface area contributed by atoms with Crippen LogP contribution in [0.15, 0.2) is 121 Å². The molecule has 0 radical (unpaired) electrons. The van der Waals surface area contributed by atoms with Crippen LogP contribution in [-0.2, 0) is 25.7 Å². The van der Waals surface area contributed by atoms with Gasteiger partial charge in [0.2, 0.25) is 0 Å². The van der Waals surface area contributed by atoms with Gasteiger partial charge in [0.15, 0.2) is 0 Å². The largest absolute Gasteiger partial charge is 0.0620 e. The molecule has 6 aromatic rings. The van der Waals surface area contributed by atoms with E-state index in [-0.39, 0.29) is 0 Å². The predicted molar refractivity (Wildman–Crippen MR) is 164 cm³/mol. The standard InChI is InChI=1S/C22H20.C16H14/c1-16-7-2-5-11-20(16)21-12-6-10-18-14-13-17-8-3-4-9-19(17)15-22(18)21;1-2-12-11-13-7-3-4-9-15(13)16-10-6-5-8-14(12)16/h2-12H,13-15H2,1H3;3-11H,2H2,1H3. The third-order valence-electron chi connectivity index (χ3n) is 8.09. The SMILES string of the molecule is CCc1cc2ccccc2c2ccccc12.Cc1ccccc1-c1cccc2c1Cc1ccccc1CC2. The van der Waals surface area contributed by atoms with Crippen molar-refractivity contribution in [2.24, 2.45) is 0 Å². The molecule has 0 saturated heterocycles.